The van der Waals surface area contributed by atoms with Crippen LogP contribution in [-0.2, 0) is 4.74 Å². The fourth-order valence-electron chi connectivity index (χ4n) is 0.588. The van der Waals surface area contributed by atoms with E-state index in [1.165, 1.54) is 0 Å². The number of halogens is 1. The first-order valence-corrected chi connectivity index (χ1v) is 4.50. The molecule has 56 valence electrons. The molecular weight excluding hydrogens is 227 g/mol. The van der Waals surface area contributed by atoms with Gasteiger partial charge < -0.3 is 4.74 Å². The highest BCUT2D eigenvalue weighted by Crippen LogP contribution is 2.24. The Morgan fingerprint density at radius 3 is 2.11 bits per heavy atom. The van der Waals surface area contributed by atoms with Crippen LogP contribution in [0.15, 0.2) is 0 Å². The molecular formula is C7H15IO. The number of hydrogen-bond donors (Lipinski definition) is 0. The van der Waals surface area contributed by atoms with Crippen molar-refractivity contribution in [1.29, 1.82) is 0 Å². The topological polar surface area (TPSA) is 9.23 Å². The minimum Gasteiger partial charge on any atom is -0.377 e. The highest BCUT2D eigenvalue weighted by Gasteiger charge is 2.26. The summed E-state index contributed by atoms with van der Waals surface area (Å²) in [6.45, 7) is 6.47. The van der Waals surface area contributed by atoms with Gasteiger partial charge in [0.05, 0.1) is 5.60 Å². The van der Waals surface area contributed by atoms with Crippen molar-refractivity contribution in [3.05, 3.63) is 0 Å². The third-order valence-corrected chi connectivity index (χ3v) is 3.33. The average molecular weight is 242 g/mol. The van der Waals surface area contributed by atoms with Crippen LogP contribution in [0.1, 0.15) is 27.2 Å². The number of hydrogen-bond acceptors (Lipinski definition) is 1. The molecule has 0 spiro atoms. The summed E-state index contributed by atoms with van der Waals surface area (Å²) in [6, 6.07) is 0. The normalized spacial score (nSPS) is 21.0. The second-order valence-electron chi connectivity index (χ2n) is 2.49. The quantitative estimate of drug-likeness (QED) is 0.546. The molecule has 0 amide bonds. The Labute approximate surface area is 71.3 Å². The molecule has 0 aromatic carbocycles. The summed E-state index contributed by atoms with van der Waals surface area (Å²) in [4.78, 5) is 0. The van der Waals surface area contributed by atoms with E-state index in [0.717, 1.165) is 6.42 Å². The van der Waals surface area contributed by atoms with Crippen LogP contribution in [0, 0.1) is 0 Å². The predicted octanol–water partition coefficient (Wildman–Crippen LogP) is 2.63. The van der Waals surface area contributed by atoms with Gasteiger partial charge >= 0.3 is 0 Å². The molecule has 0 aliphatic heterocycles. The van der Waals surface area contributed by atoms with Gasteiger partial charge in [-0.25, -0.2) is 0 Å². The van der Waals surface area contributed by atoms with Crippen LogP contribution in [0.25, 0.3) is 0 Å². The Kier molecular flexibility index (Phi) is 4.05. The minimum absolute atomic E-state index is 0.0700. The smallest absolute Gasteiger partial charge is 0.0762 e. The third kappa shape index (κ3) is 2.42. The Bertz CT molecular complexity index is 77.0. The van der Waals surface area contributed by atoms with E-state index in [-0.39, 0.29) is 5.60 Å². The summed E-state index contributed by atoms with van der Waals surface area (Å²) in [5.41, 5.74) is 0.0700. The summed E-state index contributed by atoms with van der Waals surface area (Å²) >= 11 is 2.40. The average Bonchev–Trinajstić information content (AvgIpc) is 1.86. The molecule has 0 saturated carbocycles. The van der Waals surface area contributed by atoms with E-state index in [9.17, 15) is 0 Å². The van der Waals surface area contributed by atoms with Gasteiger partial charge in [0.25, 0.3) is 0 Å². The maximum Gasteiger partial charge on any atom is 0.0762 e. The van der Waals surface area contributed by atoms with Crippen LogP contribution in [0.3, 0.4) is 0 Å². The molecule has 1 nitrogen and oxygen atoms in total. The van der Waals surface area contributed by atoms with Gasteiger partial charge in [-0.1, -0.05) is 36.4 Å². The van der Waals surface area contributed by atoms with E-state index in [4.69, 9.17) is 4.74 Å². The van der Waals surface area contributed by atoms with E-state index >= 15 is 0 Å². The molecule has 0 bridgehead atoms. The highest BCUT2D eigenvalue weighted by molar-refractivity contribution is 14.1. The molecule has 0 radical (unpaired) electrons. The number of methoxy groups -OCH3 is 1. The minimum atomic E-state index is 0.0700. The lowest BCUT2D eigenvalue weighted by atomic mass is 10.0. The monoisotopic (exact) mass is 242 g/mol. The van der Waals surface area contributed by atoms with Gasteiger partial charge in [0.2, 0.25) is 0 Å². The van der Waals surface area contributed by atoms with Crippen LogP contribution in [0.5, 0.6) is 0 Å². The van der Waals surface area contributed by atoms with E-state index in [0.29, 0.717) is 3.92 Å². The summed E-state index contributed by atoms with van der Waals surface area (Å²) in [7, 11) is 1.78. The van der Waals surface area contributed by atoms with Crippen molar-refractivity contribution in [1.82, 2.24) is 0 Å². The second kappa shape index (κ2) is 3.76. The Morgan fingerprint density at radius 1 is 1.67 bits per heavy atom. The Hall–Kier alpha value is 0.690. The molecule has 0 aromatic heterocycles. The van der Waals surface area contributed by atoms with Crippen molar-refractivity contribution in [2.24, 2.45) is 0 Å². The second-order valence-corrected chi connectivity index (χ2v) is 4.35. The summed E-state index contributed by atoms with van der Waals surface area (Å²) in [5.74, 6) is 0. The maximum absolute atomic E-state index is 5.34. The van der Waals surface area contributed by atoms with Crippen molar-refractivity contribution in [2.75, 3.05) is 7.11 Å². The zero-order valence-electron chi connectivity index (χ0n) is 6.57. The molecule has 0 aliphatic carbocycles. The molecule has 0 heterocycles. The molecule has 0 N–H and O–H groups in total. The number of ether oxygens (including phenoxy) is 1. The zero-order valence-corrected chi connectivity index (χ0v) is 8.73. The molecule has 2 heteroatoms. The molecule has 0 saturated heterocycles. The lowest BCUT2D eigenvalue weighted by molar-refractivity contribution is 0.00834. The third-order valence-electron chi connectivity index (χ3n) is 2.01. The summed E-state index contributed by atoms with van der Waals surface area (Å²) < 4.78 is 5.92. The molecule has 0 aromatic rings. The van der Waals surface area contributed by atoms with Crippen LogP contribution < -0.4 is 0 Å². The highest BCUT2D eigenvalue weighted by atomic mass is 127. The first-order valence-electron chi connectivity index (χ1n) is 3.26. The van der Waals surface area contributed by atoms with E-state index < -0.39 is 0 Å². The number of alkyl halides is 1. The van der Waals surface area contributed by atoms with Crippen molar-refractivity contribution in [3.8, 4) is 0 Å². The van der Waals surface area contributed by atoms with Gasteiger partial charge in [0.1, 0.15) is 0 Å². The molecule has 0 unspecified atom stereocenters. The fraction of sp³-hybridized carbons (Fsp3) is 1.00. The number of rotatable bonds is 3. The lowest BCUT2D eigenvalue weighted by Crippen LogP contribution is -2.34. The van der Waals surface area contributed by atoms with Gasteiger partial charge in [-0.3, -0.25) is 0 Å². The van der Waals surface area contributed by atoms with Gasteiger partial charge in [-0.05, 0) is 13.3 Å². The fourth-order valence-corrected chi connectivity index (χ4v) is 1.28. The van der Waals surface area contributed by atoms with Gasteiger partial charge in [0, 0.05) is 11.0 Å². The Morgan fingerprint density at radius 2 is 2.11 bits per heavy atom. The van der Waals surface area contributed by atoms with Crippen molar-refractivity contribution in [3.63, 3.8) is 0 Å². The Balaban J connectivity index is 3.92. The van der Waals surface area contributed by atoms with E-state index in [1.807, 2.05) is 0 Å². The molecule has 0 aliphatic rings. The zero-order chi connectivity index (χ0) is 7.49. The van der Waals surface area contributed by atoms with Crippen molar-refractivity contribution >= 4 is 22.6 Å². The first kappa shape index (κ1) is 9.69. The molecule has 0 rings (SSSR count). The summed E-state index contributed by atoms with van der Waals surface area (Å²) in [6.07, 6.45) is 1.08. The van der Waals surface area contributed by atoms with Crippen LogP contribution in [0.4, 0.5) is 0 Å². The van der Waals surface area contributed by atoms with Gasteiger partial charge in [-0.2, -0.15) is 0 Å². The summed E-state index contributed by atoms with van der Waals surface area (Å²) in [5, 5.41) is 0. The predicted molar refractivity (Wildman–Crippen MR) is 49.2 cm³/mol. The van der Waals surface area contributed by atoms with Crippen LogP contribution in [0.2, 0.25) is 0 Å². The van der Waals surface area contributed by atoms with Crippen molar-refractivity contribution < 1.29 is 4.74 Å². The SMILES string of the molecule is CC[C@@](C)(OC)[C@H](C)I. The van der Waals surface area contributed by atoms with E-state index in [2.05, 4.69) is 43.4 Å². The lowest BCUT2D eigenvalue weighted by Gasteiger charge is -2.29. The van der Waals surface area contributed by atoms with Gasteiger partial charge in [-0.15, -0.1) is 0 Å². The van der Waals surface area contributed by atoms with Crippen molar-refractivity contribution in [2.45, 2.75) is 36.7 Å². The first-order chi connectivity index (χ1) is 4.06. The van der Waals surface area contributed by atoms with E-state index in [1.54, 1.807) is 7.11 Å². The molecule has 2 atom stereocenters. The van der Waals surface area contributed by atoms with Crippen LogP contribution in [-0.4, -0.2) is 16.6 Å². The molecule has 0 fully saturated rings. The largest absolute Gasteiger partial charge is 0.377 e. The molecule has 9 heavy (non-hydrogen) atoms. The standard InChI is InChI=1S/C7H15IO/c1-5-7(3,9-4)6(2)8/h6H,5H2,1-4H3/t6-,7+/m0/s1. The maximum atomic E-state index is 5.34. The van der Waals surface area contributed by atoms with Crippen LogP contribution >= 0.6 is 22.6 Å². The van der Waals surface area contributed by atoms with Gasteiger partial charge in [0.15, 0.2) is 0 Å².